The van der Waals surface area contributed by atoms with E-state index in [0.29, 0.717) is 5.82 Å². The van der Waals surface area contributed by atoms with E-state index in [9.17, 15) is 4.79 Å². The van der Waals surface area contributed by atoms with Gasteiger partial charge in [-0.1, -0.05) is 32.4 Å². The predicted molar refractivity (Wildman–Crippen MR) is 117 cm³/mol. The van der Waals surface area contributed by atoms with E-state index in [1.54, 1.807) is 6.20 Å². The normalized spacial score (nSPS) is 15.5. The number of nitrogens with zero attached hydrogens (tertiary/aromatic N) is 3. The third-order valence-electron chi connectivity index (χ3n) is 5.84. The van der Waals surface area contributed by atoms with Crippen molar-refractivity contribution in [3.8, 4) is 11.3 Å². The van der Waals surface area contributed by atoms with E-state index in [1.165, 1.54) is 19.3 Å². The number of hydrogen-bond donors (Lipinski definition) is 2. The Hall–Kier alpha value is -2.73. The number of pyridine rings is 1. The number of anilines is 1. The summed E-state index contributed by atoms with van der Waals surface area (Å²) in [5.41, 5.74) is 2.32. The first-order valence-electron chi connectivity index (χ1n) is 10.5. The molecule has 0 aliphatic carbocycles. The third-order valence-corrected chi connectivity index (χ3v) is 5.84. The maximum Gasteiger partial charge on any atom is 0.231 e. The smallest absolute Gasteiger partial charge is 0.231 e. The van der Waals surface area contributed by atoms with Gasteiger partial charge >= 0.3 is 0 Å². The van der Waals surface area contributed by atoms with Crippen molar-refractivity contribution < 1.29 is 4.79 Å². The van der Waals surface area contributed by atoms with Gasteiger partial charge in [0.05, 0.1) is 11.2 Å². The molecule has 0 spiro atoms. The van der Waals surface area contributed by atoms with Crippen LogP contribution in [-0.4, -0.2) is 45.6 Å². The molecule has 0 radical (unpaired) electrons. The highest BCUT2D eigenvalue weighted by Gasteiger charge is 2.29. The first-order valence-corrected chi connectivity index (χ1v) is 10.5. The maximum atomic E-state index is 12.8. The molecule has 3 aromatic rings. The first kappa shape index (κ1) is 19.6. The van der Waals surface area contributed by atoms with Gasteiger partial charge < -0.3 is 10.2 Å². The molecular weight excluding hydrogens is 362 g/mol. The zero-order valence-electron chi connectivity index (χ0n) is 17.2. The highest BCUT2D eigenvalue weighted by Crippen LogP contribution is 2.26. The van der Waals surface area contributed by atoms with Gasteiger partial charge in [-0.3, -0.25) is 14.9 Å². The number of hydrogen-bond acceptors (Lipinski definition) is 4. The van der Waals surface area contributed by atoms with Crippen LogP contribution in [0.2, 0.25) is 0 Å². The number of likely N-dealkylation sites (tertiary alicyclic amines) is 1. The minimum Gasteiger partial charge on any atom is -0.311 e. The van der Waals surface area contributed by atoms with E-state index in [2.05, 4.69) is 31.5 Å². The lowest BCUT2D eigenvalue weighted by atomic mass is 9.87. The predicted octanol–water partition coefficient (Wildman–Crippen LogP) is 4.47. The lowest BCUT2D eigenvalue weighted by Crippen LogP contribution is -2.37. The Labute approximate surface area is 171 Å². The molecule has 6 heteroatoms. The number of aromatic nitrogens is 3. The lowest BCUT2D eigenvalue weighted by Gasteiger charge is -2.30. The number of carbonyl (C=O) groups excluding carboxylic acids is 1. The molecule has 0 unspecified atom stereocenters. The molecule has 0 bridgehead atoms. The van der Waals surface area contributed by atoms with Crippen molar-refractivity contribution in [1.29, 1.82) is 0 Å². The summed E-state index contributed by atoms with van der Waals surface area (Å²) in [6, 6.07) is 11.9. The second kappa shape index (κ2) is 8.33. The second-order valence-corrected chi connectivity index (χ2v) is 8.57. The Bertz CT molecular complexity index is 988. The largest absolute Gasteiger partial charge is 0.311 e. The van der Waals surface area contributed by atoms with Crippen molar-refractivity contribution in [2.24, 2.45) is 5.41 Å². The van der Waals surface area contributed by atoms with E-state index in [-0.39, 0.29) is 5.91 Å². The minimum absolute atomic E-state index is 0.0208. The van der Waals surface area contributed by atoms with Gasteiger partial charge in [0.2, 0.25) is 5.91 Å². The fourth-order valence-electron chi connectivity index (χ4n) is 3.79. The van der Waals surface area contributed by atoms with Crippen LogP contribution in [0.1, 0.15) is 39.5 Å². The fourth-order valence-corrected chi connectivity index (χ4v) is 3.79. The van der Waals surface area contributed by atoms with Crippen molar-refractivity contribution in [2.45, 2.75) is 39.5 Å². The Kier molecular flexibility index (Phi) is 5.62. The second-order valence-electron chi connectivity index (χ2n) is 8.57. The van der Waals surface area contributed by atoms with E-state index >= 15 is 0 Å². The number of aromatic amines is 1. The summed E-state index contributed by atoms with van der Waals surface area (Å²) >= 11 is 0. The number of piperidine rings is 1. The molecule has 0 atom stereocenters. The van der Waals surface area contributed by atoms with Gasteiger partial charge in [0, 0.05) is 28.6 Å². The van der Waals surface area contributed by atoms with E-state index in [4.69, 9.17) is 0 Å². The SMILES string of the molecule is CC(C)(CCN1CCCCC1)C(=O)Nc1cc(-c2ccc3ncccc3c2)n[nH]1. The molecule has 29 heavy (non-hydrogen) atoms. The molecular formula is C23H29N5O. The average Bonchev–Trinajstić information content (AvgIpc) is 3.21. The molecule has 4 rings (SSSR count). The van der Waals surface area contributed by atoms with Crippen LogP contribution in [0.5, 0.6) is 0 Å². The van der Waals surface area contributed by atoms with Gasteiger partial charge in [-0.05, 0) is 57.1 Å². The number of fused-ring (bicyclic) bond motifs is 1. The Morgan fingerprint density at radius 2 is 2.00 bits per heavy atom. The topological polar surface area (TPSA) is 73.9 Å². The summed E-state index contributed by atoms with van der Waals surface area (Å²) in [6.45, 7) is 7.31. The molecule has 2 aromatic heterocycles. The number of carbonyl (C=O) groups is 1. The average molecular weight is 392 g/mol. The van der Waals surface area contributed by atoms with Crippen molar-refractivity contribution >= 4 is 22.6 Å². The van der Waals surface area contributed by atoms with Gasteiger partial charge in [0.1, 0.15) is 5.82 Å². The Morgan fingerprint density at radius 1 is 1.17 bits per heavy atom. The van der Waals surface area contributed by atoms with Crippen LogP contribution in [0.15, 0.2) is 42.6 Å². The molecule has 152 valence electrons. The van der Waals surface area contributed by atoms with Crippen LogP contribution in [0, 0.1) is 5.41 Å². The van der Waals surface area contributed by atoms with Crippen LogP contribution < -0.4 is 5.32 Å². The number of nitrogens with one attached hydrogen (secondary N) is 2. The molecule has 1 aliphatic rings. The number of rotatable bonds is 6. The standard InChI is InChI=1S/C23H29N5O/c1-23(2,10-14-28-12-4-3-5-13-28)22(29)25-21-16-20(26-27-21)18-8-9-19-17(15-18)7-6-11-24-19/h6-9,11,15-16H,3-5,10,12-14H2,1-2H3,(H2,25,26,27,29). The Balaban J connectivity index is 1.40. The summed E-state index contributed by atoms with van der Waals surface area (Å²) in [4.78, 5) is 19.7. The Morgan fingerprint density at radius 3 is 2.83 bits per heavy atom. The number of benzene rings is 1. The molecule has 1 aromatic carbocycles. The molecule has 6 nitrogen and oxygen atoms in total. The summed E-state index contributed by atoms with van der Waals surface area (Å²) in [6.07, 6.45) is 6.51. The fraction of sp³-hybridized carbons (Fsp3) is 0.435. The first-order chi connectivity index (χ1) is 14.0. The number of H-pyrrole nitrogens is 1. The zero-order chi connectivity index (χ0) is 20.3. The third kappa shape index (κ3) is 4.65. The zero-order valence-corrected chi connectivity index (χ0v) is 17.2. The summed E-state index contributed by atoms with van der Waals surface area (Å²) in [5, 5.41) is 11.4. The van der Waals surface area contributed by atoms with Crippen molar-refractivity contribution in [3.63, 3.8) is 0 Å². The van der Waals surface area contributed by atoms with Gasteiger partial charge in [-0.25, -0.2) is 0 Å². The van der Waals surface area contributed by atoms with Crippen LogP contribution in [0.25, 0.3) is 22.2 Å². The lowest BCUT2D eigenvalue weighted by molar-refractivity contribution is -0.124. The summed E-state index contributed by atoms with van der Waals surface area (Å²) in [5.74, 6) is 0.648. The summed E-state index contributed by atoms with van der Waals surface area (Å²) < 4.78 is 0. The van der Waals surface area contributed by atoms with Gasteiger partial charge in [-0.2, -0.15) is 5.10 Å². The monoisotopic (exact) mass is 391 g/mol. The molecule has 2 N–H and O–H groups in total. The van der Waals surface area contributed by atoms with Crippen molar-refractivity contribution in [2.75, 3.05) is 25.0 Å². The molecule has 1 fully saturated rings. The van der Waals surface area contributed by atoms with Gasteiger partial charge in [0.15, 0.2) is 0 Å². The van der Waals surface area contributed by atoms with Crippen LogP contribution >= 0.6 is 0 Å². The number of amides is 1. The molecule has 3 heterocycles. The maximum absolute atomic E-state index is 12.8. The molecule has 1 aliphatic heterocycles. The summed E-state index contributed by atoms with van der Waals surface area (Å²) in [7, 11) is 0. The van der Waals surface area contributed by atoms with E-state index < -0.39 is 5.41 Å². The molecule has 0 saturated carbocycles. The van der Waals surface area contributed by atoms with Crippen LogP contribution in [-0.2, 0) is 4.79 Å². The van der Waals surface area contributed by atoms with Crippen LogP contribution in [0.3, 0.4) is 0 Å². The van der Waals surface area contributed by atoms with Gasteiger partial charge in [0.25, 0.3) is 0 Å². The van der Waals surface area contributed by atoms with Crippen molar-refractivity contribution in [3.05, 3.63) is 42.6 Å². The van der Waals surface area contributed by atoms with Crippen LogP contribution in [0.4, 0.5) is 5.82 Å². The minimum atomic E-state index is -0.433. The van der Waals surface area contributed by atoms with Gasteiger partial charge in [-0.15, -0.1) is 0 Å². The highest BCUT2D eigenvalue weighted by molar-refractivity contribution is 5.94. The van der Waals surface area contributed by atoms with Crippen molar-refractivity contribution in [1.82, 2.24) is 20.1 Å². The molecule has 1 amide bonds. The quantitative estimate of drug-likeness (QED) is 0.650. The molecule has 1 saturated heterocycles. The highest BCUT2D eigenvalue weighted by atomic mass is 16.2. The van der Waals surface area contributed by atoms with E-state index in [1.807, 2.05) is 44.2 Å². The van der Waals surface area contributed by atoms with E-state index in [0.717, 1.165) is 48.2 Å².